The zero-order valence-electron chi connectivity index (χ0n) is 9.70. The maximum atomic E-state index is 10.0. The highest BCUT2D eigenvalue weighted by molar-refractivity contribution is 6.32. The molecule has 3 N–H and O–H groups in total. The molecule has 2 rings (SSSR count). The third-order valence-electron chi connectivity index (χ3n) is 2.89. The summed E-state index contributed by atoms with van der Waals surface area (Å²) in [4.78, 5) is 0. The molecule has 1 atom stereocenters. The van der Waals surface area contributed by atoms with Gasteiger partial charge in [-0.25, -0.2) is 0 Å². The van der Waals surface area contributed by atoms with E-state index in [9.17, 15) is 5.11 Å². The SMILES string of the molecule is CC(CCN)c1c(O)c(Cl)cc2c1OCCO2. The summed E-state index contributed by atoms with van der Waals surface area (Å²) in [5.41, 5.74) is 6.24. The van der Waals surface area contributed by atoms with Crippen molar-refractivity contribution in [3.63, 3.8) is 0 Å². The Morgan fingerprint density at radius 2 is 2.18 bits per heavy atom. The van der Waals surface area contributed by atoms with Gasteiger partial charge in [-0.1, -0.05) is 18.5 Å². The van der Waals surface area contributed by atoms with Gasteiger partial charge in [0, 0.05) is 11.6 Å². The van der Waals surface area contributed by atoms with Crippen molar-refractivity contribution in [1.82, 2.24) is 0 Å². The summed E-state index contributed by atoms with van der Waals surface area (Å²) >= 11 is 5.98. The van der Waals surface area contributed by atoms with E-state index >= 15 is 0 Å². The van der Waals surface area contributed by atoms with E-state index in [2.05, 4.69) is 0 Å². The average Bonchev–Trinajstić information content (AvgIpc) is 2.31. The Bertz CT molecular complexity index is 423. The molecule has 0 saturated heterocycles. The van der Waals surface area contributed by atoms with E-state index in [0.717, 1.165) is 6.42 Å². The van der Waals surface area contributed by atoms with Crippen molar-refractivity contribution in [2.45, 2.75) is 19.3 Å². The first-order valence-electron chi connectivity index (χ1n) is 5.66. The smallest absolute Gasteiger partial charge is 0.168 e. The van der Waals surface area contributed by atoms with Crippen LogP contribution in [0.1, 0.15) is 24.8 Å². The highest BCUT2D eigenvalue weighted by atomic mass is 35.5. The van der Waals surface area contributed by atoms with Gasteiger partial charge < -0.3 is 20.3 Å². The molecule has 1 aliphatic heterocycles. The molecule has 0 aromatic heterocycles. The van der Waals surface area contributed by atoms with Crippen LogP contribution >= 0.6 is 11.6 Å². The van der Waals surface area contributed by atoms with Crippen LogP contribution in [0.4, 0.5) is 0 Å². The number of halogens is 1. The fraction of sp³-hybridized carbons (Fsp3) is 0.500. The first-order valence-corrected chi connectivity index (χ1v) is 6.04. The second-order valence-electron chi connectivity index (χ2n) is 4.12. The Morgan fingerprint density at radius 3 is 2.88 bits per heavy atom. The van der Waals surface area contributed by atoms with Crippen molar-refractivity contribution in [3.05, 3.63) is 16.7 Å². The third kappa shape index (κ3) is 2.28. The van der Waals surface area contributed by atoms with Gasteiger partial charge in [-0.15, -0.1) is 0 Å². The quantitative estimate of drug-likeness (QED) is 0.872. The molecule has 4 nitrogen and oxygen atoms in total. The fourth-order valence-corrected chi connectivity index (χ4v) is 2.22. The van der Waals surface area contributed by atoms with E-state index < -0.39 is 0 Å². The second-order valence-corrected chi connectivity index (χ2v) is 4.53. The Kier molecular flexibility index (Phi) is 3.64. The largest absolute Gasteiger partial charge is 0.506 e. The summed E-state index contributed by atoms with van der Waals surface area (Å²) in [5.74, 6) is 1.34. The van der Waals surface area contributed by atoms with Gasteiger partial charge in [-0.3, -0.25) is 0 Å². The lowest BCUT2D eigenvalue weighted by Gasteiger charge is -2.25. The molecule has 0 amide bonds. The molecule has 0 fully saturated rings. The van der Waals surface area contributed by atoms with Crippen molar-refractivity contribution in [2.75, 3.05) is 19.8 Å². The Balaban J connectivity index is 2.50. The minimum Gasteiger partial charge on any atom is -0.506 e. The minimum absolute atomic E-state index is 0.0665. The highest BCUT2D eigenvalue weighted by Gasteiger charge is 2.25. The number of aromatic hydroxyl groups is 1. The van der Waals surface area contributed by atoms with Gasteiger partial charge >= 0.3 is 0 Å². The van der Waals surface area contributed by atoms with E-state index in [1.165, 1.54) is 0 Å². The standard InChI is InChI=1S/C12H16ClNO3/c1-7(2-3-14)10-11(15)8(13)6-9-12(10)17-5-4-16-9/h6-7,15H,2-5,14H2,1H3. The number of benzene rings is 1. The Morgan fingerprint density at radius 1 is 1.47 bits per heavy atom. The van der Waals surface area contributed by atoms with Gasteiger partial charge in [0.1, 0.15) is 19.0 Å². The van der Waals surface area contributed by atoms with Gasteiger partial charge in [0.25, 0.3) is 0 Å². The molecule has 94 valence electrons. The van der Waals surface area contributed by atoms with Crippen LogP contribution in [0, 0.1) is 0 Å². The lowest BCUT2D eigenvalue weighted by Crippen LogP contribution is -2.18. The molecule has 1 aromatic carbocycles. The number of hydrogen-bond acceptors (Lipinski definition) is 4. The molecular formula is C12H16ClNO3. The summed E-state index contributed by atoms with van der Waals surface area (Å²) in [6.07, 6.45) is 0.754. The monoisotopic (exact) mass is 257 g/mol. The molecule has 1 aromatic rings. The maximum absolute atomic E-state index is 10.0. The van der Waals surface area contributed by atoms with Gasteiger partial charge in [0.05, 0.1) is 5.02 Å². The average molecular weight is 258 g/mol. The molecule has 17 heavy (non-hydrogen) atoms. The van der Waals surface area contributed by atoms with Crippen LogP contribution in [0.15, 0.2) is 6.07 Å². The molecule has 0 saturated carbocycles. The number of phenolic OH excluding ortho intramolecular Hbond substituents is 1. The topological polar surface area (TPSA) is 64.7 Å². The van der Waals surface area contributed by atoms with E-state index in [1.807, 2.05) is 6.92 Å². The van der Waals surface area contributed by atoms with E-state index in [0.29, 0.717) is 36.8 Å². The molecule has 0 spiro atoms. The molecule has 0 aliphatic carbocycles. The lowest BCUT2D eigenvalue weighted by molar-refractivity contribution is 0.168. The zero-order valence-corrected chi connectivity index (χ0v) is 10.5. The van der Waals surface area contributed by atoms with Crippen LogP contribution in [0.3, 0.4) is 0 Å². The lowest BCUT2D eigenvalue weighted by atomic mass is 9.95. The van der Waals surface area contributed by atoms with Crippen molar-refractivity contribution in [2.24, 2.45) is 5.73 Å². The molecular weight excluding hydrogens is 242 g/mol. The first-order chi connectivity index (χ1) is 8.15. The molecule has 0 radical (unpaired) electrons. The van der Waals surface area contributed by atoms with Crippen LogP contribution < -0.4 is 15.2 Å². The Labute approximate surface area is 105 Å². The van der Waals surface area contributed by atoms with Crippen LogP contribution in [-0.4, -0.2) is 24.9 Å². The molecule has 1 heterocycles. The third-order valence-corrected chi connectivity index (χ3v) is 3.18. The number of fused-ring (bicyclic) bond motifs is 1. The Hall–Kier alpha value is -1.13. The first kappa shape index (κ1) is 12.3. The number of hydrogen-bond donors (Lipinski definition) is 2. The van der Waals surface area contributed by atoms with Crippen molar-refractivity contribution in [3.8, 4) is 17.2 Å². The predicted octanol–water partition coefficient (Wildman–Crippen LogP) is 2.27. The molecule has 1 unspecified atom stereocenters. The second kappa shape index (κ2) is 5.02. The van der Waals surface area contributed by atoms with Crippen LogP contribution in [0.2, 0.25) is 5.02 Å². The number of phenols is 1. The summed E-state index contributed by atoms with van der Waals surface area (Å²) in [6.45, 7) is 3.51. The summed E-state index contributed by atoms with van der Waals surface area (Å²) in [6, 6.07) is 1.59. The fourth-order valence-electron chi connectivity index (χ4n) is 2.02. The normalized spacial score (nSPS) is 15.7. The van der Waals surface area contributed by atoms with E-state index in [-0.39, 0.29) is 16.7 Å². The molecule has 1 aliphatic rings. The van der Waals surface area contributed by atoms with Crippen molar-refractivity contribution in [1.29, 1.82) is 0 Å². The summed E-state index contributed by atoms with van der Waals surface area (Å²) < 4.78 is 11.0. The number of nitrogens with two attached hydrogens (primary N) is 1. The predicted molar refractivity (Wildman–Crippen MR) is 66.2 cm³/mol. The summed E-state index contributed by atoms with van der Waals surface area (Å²) in [5, 5.41) is 10.3. The number of ether oxygens (including phenoxy) is 2. The zero-order chi connectivity index (χ0) is 12.4. The number of rotatable bonds is 3. The van der Waals surface area contributed by atoms with Crippen LogP contribution in [-0.2, 0) is 0 Å². The van der Waals surface area contributed by atoms with E-state index in [4.69, 9.17) is 26.8 Å². The van der Waals surface area contributed by atoms with Crippen LogP contribution in [0.25, 0.3) is 0 Å². The van der Waals surface area contributed by atoms with Crippen molar-refractivity contribution < 1.29 is 14.6 Å². The summed E-state index contributed by atoms with van der Waals surface area (Å²) in [7, 11) is 0. The van der Waals surface area contributed by atoms with Gasteiger partial charge in [-0.2, -0.15) is 0 Å². The van der Waals surface area contributed by atoms with Gasteiger partial charge in [-0.05, 0) is 18.9 Å². The van der Waals surface area contributed by atoms with Crippen LogP contribution in [0.5, 0.6) is 17.2 Å². The minimum atomic E-state index is 0.0665. The van der Waals surface area contributed by atoms with Gasteiger partial charge in [0.15, 0.2) is 11.5 Å². The van der Waals surface area contributed by atoms with E-state index in [1.54, 1.807) is 6.07 Å². The molecule has 5 heteroatoms. The highest BCUT2D eigenvalue weighted by Crippen LogP contribution is 2.47. The maximum Gasteiger partial charge on any atom is 0.168 e. The van der Waals surface area contributed by atoms with Crippen molar-refractivity contribution >= 4 is 11.6 Å². The van der Waals surface area contributed by atoms with Gasteiger partial charge in [0.2, 0.25) is 0 Å². The molecule has 0 bridgehead atoms.